The van der Waals surface area contributed by atoms with Gasteiger partial charge in [0.25, 0.3) is 5.91 Å². The summed E-state index contributed by atoms with van der Waals surface area (Å²) in [6.07, 6.45) is 4.91. The number of hydrogen-bond donors (Lipinski definition) is 1. The number of piperazine rings is 1. The summed E-state index contributed by atoms with van der Waals surface area (Å²) in [4.78, 5) is 45.9. The molecule has 5 rings (SSSR count). The Balaban J connectivity index is 1.23. The number of likely N-dealkylation sites (tertiary alicyclic amines) is 1. The minimum absolute atomic E-state index is 0.0481. The molecule has 1 unspecified atom stereocenters. The Morgan fingerprint density at radius 3 is 2.42 bits per heavy atom. The number of Topliss-reactive ketones (excluding diaryl/α,β-unsaturated/α-hetero) is 1. The molecule has 3 saturated heterocycles. The van der Waals surface area contributed by atoms with E-state index >= 15 is 0 Å². The molecule has 0 radical (unpaired) electrons. The first-order valence-electron chi connectivity index (χ1n) is 13.2. The van der Waals surface area contributed by atoms with E-state index in [2.05, 4.69) is 15.1 Å². The molecule has 1 saturated carbocycles. The lowest BCUT2D eigenvalue weighted by atomic mass is 10.0. The minimum atomic E-state index is -0.678. The van der Waals surface area contributed by atoms with E-state index < -0.39 is 12.1 Å². The van der Waals surface area contributed by atoms with Gasteiger partial charge in [0.1, 0.15) is 18.7 Å². The van der Waals surface area contributed by atoms with Gasteiger partial charge >= 0.3 is 0 Å². The Labute approximate surface area is 218 Å². The molecule has 2 amide bonds. The Bertz CT molecular complexity index is 974. The molecule has 9 heteroatoms. The number of nitrogens with zero attached hydrogens (tertiary/aromatic N) is 3. The molecule has 1 aliphatic carbocycles. The van der Waals surface area contributed by atoms with E-state index in [4.69, 9.17) is 4.74 Å². The normalized spacial score (nSPS) is 27.4. The molecule has 1 aromatic rings. The fourth-order valence-electron chi connectivity index (χ4n) is 5.79. The van der Waals surface area contributed by atoms with Crippen LogP contribution in [0, 0.1) is 5.92 Å². The van der Waals surface area contributed by atoms with Crippen molar-refractivity contribution in [2.24, 2.45) is 5.92 Å². The van der Waals surface area contributed by atoms with Crippen LogP contribution in [0.3, 0.4) is 0 Å². The van der Waals surface area contributed by atoms with E-state index in [1.165, 1.54) is 12.8 Å². The Morgan fingerprint density at radius 2 is 1.81 bits per heavy atom. The van der Waals surface area contributed by atoms with E-state index in [0.717, 1.165) is 37.9 Å². The summed E-state index contributed by atoms with van der Waals surface area (Å²) < 4.78 is 5.71. The molecule has 0 aromatic heterocycles. The zero-order valence-corrected chi connectivity index (χ0v) is 22.3. The van der Waals surface area contributed by atoms with Crippen molar-refractivity contribution in [2.75, 3.05) is 50.5 Å². The molecular formula is C27H38N4O4S. The monoisotopic (exact) mass is 514 g/mol. The summed E-state index contributed by atoms with van der Waals surface area (Å²) in [5.41, 5.74) is 1.67. The molecule has 36 heavy (non-hydrogen) atoms. The smallest absolute Gasteiger partial charge is 0.251 e. The van der Waals surface area contributed by atoms with Crippen molar-refractivity contribution in [3.05, 3.63) is 29.8 Å². The maximum absolute atomic E-state index is 13.6. The number of fused-ring (bicyclic) bond motifs is 1. The third-order valence-corrected chi connectivity index (χ3v) is 8.93. The van der Waals surface area contributed by atoms with E-state index in [0.29, 0.717) is 18.5 Å². The summed E-state index contributed by atoms with van der Waals surface area (Å²) in [5.74, 6) is -0.285. The second-order valence-corrected chi connectivity index (χ2v) is 12.0. The van der Waals surface area contributed by atoms with Crippen LogP contribution in [0.2, 0.25) is 0 Å². The molecule has 3 heterocycles. The zero-order chi connectivity index (χ0) is 25.4. The largest absolute Gasteiger partial charge is 0.369 e. The number of hydrogen-bond acceptors (Lipinski definition) is 7. The molecule has 196 valence electrons. The van der Waals surface area contributed by atoms with Crippen LogP contribution in [-0.2, 0) is 14.3 Å². The predicted molar refractivity (Wildman–Crippen MR) is 142 cm³/mol. The first-order chi connectivity index (χ1) is 17.4. The summed E-state index contributed by atoms with van der Waals surface area (Å²) in [5, 5.41) is 3.05. The van der Waals surface area contributed by atoms with Crippen molar-refractivity contribution < 1.29 is 19.1 Å². The van der Waals surface area contributed by atoms with Crippen molar-refractivity contribution >= 4 is 35.0 Å². The van der Waals surface area contributed by atoms with Gasteiger partial charge in [-0.15, -0.1) is 0 Å². The highest BCUT2D eigenvalue weighted by molar-refractivity contribution is 7.99. The SMILES string of the molecule is CS[C@H]1CN(C(=O)C(CC(C)C)NC(=O)c2ccc(N3CCN(C4CC4)CC3)cc2)[C@@H]2C(=O)CO[C@H]12. The van der Waals surface area contributed by atoms with Crippen LogP contribution in [0.4, 0.5) is 5.69 Å². The molecule has 3 aliphatic heterocycles. The molecule has 4 fully saturated rings. The molecule has 0 bridgehead atoms. The molecule has 1 aromatic carbocycles. The van der Waals surface area contributed by atoms with Gasteiger partial charge in [-0.1, -0.05) is 13.8 Å². The Hall–Kier alpha value is -2.10. The van der Waals surface area contributed by atoms with Gasteiger partial charge in [0.05, 0.1) is 11.4 Å². The number of carbonyl (C=O) groups excluding carboxylic acids is 3. The van der Waals surface area contributed by atoms with Crippen LogP contribution in [0.15, 0.2) is 24.3 Å². The maximum Gasteiger partial charge on any atom is 0.251 e. The maximum atomic E-state index is 13.6. The Kier molecular flexibility index (Phi) is 7.60. The van der Waals surface area contributed by atoms with Gasteiger partial charge in [-0.2, -0.15) is 11.8 Å². The third kappa shape index (κ3) is 5.29. The van der Waals surface area contributed by atoms with Gasteiger partial charge in [0, 0.05) is 50.0 Å². The summed E-state index contributed by atoms with van der Waals surface area (Å²) in [7, 11) is 0. The van der Waals surface area contributed by atoms with Crippen LogP contribution in [0.25, 0.3) is 0 Å². The van der Waals surface area contributed by atoms with E-state index in [-0.39, 0.29) is 41.5 Å². The number of carbonyl (C=O) groups is 3. The molecule has 4 aliphatic rings. The highest BCUT2D eigenvalue weighted by Gasteiger charge is 2.53. The highest BCUT2D eigenvalue weighted by atomic mass is 32.2. The standard InChI is InChI=1S/C27H38N4O4S/c1-17(2)14-21(27(34)31-15-23(36-3)25-24(31)22(32)16-35-25)28-26(33)18-4-6-19(7-5-18)29-10-12-30(13-11-29)20-8-9-20/h4-7,17,20-21,23-25H,8-16H2,1-3H3,(H,28,33)/t21?,23-,24+,25+/m0/s1. The summed E-state index contributed by atoms with van der Waals surface area (Å²) >= 11 is 1.62. The number of amides is 2. The highest BCUT2D eigenvalue weighted by Crippen LogP contribution is 2.34. The van der Waals surface area contributed by atoms with Crippen LogP contribution in [0.5, 0.6) is 0 Å². The van der Waals surface area contributed by atoms with Gasteiger partial charge in [0.2, 0.25) is 5.91 Å². The quantitative estimate of drug-likeness (QED) is 0.569. The zero-order valence-electron chi connectivity index (χ0n) is 21.5. The van der Waals surface area contributed by atoms with Crippen LogP contribution in [0.1, 0.15) is 43.5 Å². The molecule has 4 atom stereocenters. The number of rotatable bonds is 8. The van der Waals surface area contributed by atoms with Crippen molar-refractivity contribution in [3.8, 4) is 0 Å². The van der Waals surface area contributed by atoms with Gasteiger partial charge < -0.3 is 19.9 Å². The number of ether oxygens (including phenoxy) is 1. The summed E-state index contributed by atoms with van der Waals surface area (Å²) in [6, 6.07) is 7.28. The van der Waals surface area contributed by atoms with Crippen molar-refractivity contribution in [1.29, 1.82) is 0 Å². The Morgan fingerprint density at radius 1 is 1.11 bits per heavy atom. The van der Waals surface area contributed by atoms with E-state index in [9.17, 15) is 14.4 Å². The van der Waals surface area contributed by atoms with Crippen LogP contribution in [-0.4, -0.2) is 102 Å². The van der Waals surface area contributed by atoms with E-state index in [1.807, 2.05) is 44.4 Å². The number of thioether (sulfide) groups is 1. The number of anilines is 1. The predicted octanol–water partition coefficient (Wildman–Crippen LogP) is 2.03. The first kappa shape index (κ1) is 25.5. The number of ketones is 1. The van der Waals surface area contributed by atoms with Crippen LogP contribution < -0.4 is 10.2 Å². The minimum Gasteiger partial charge on any atom is -0.369 e. The molecule has 1 N–H and O–H groups in total. The lowest BCUT2D eigenvalue weighted by Gasteiger charge is -2.36. The third-order valence-electron chi connectivity index (χ3n) is 7.91. The van der Waals surface area contributed by atoms with E-state index in [1.54, 1.807) is 16.7 Å². The summed E-state index contributed by atoms with van der Waals surface area (Å²) in [6.45, 7) is 8.78. The van der Waals surface area contributed by atoms with Gasteiger partial charge in [-0.3, -0.25) is 19.3 Å². The molecule has 0 spiro atoms. The van der Waals surface area contributed by atoms with Crippen molar-refractivity contribution in [1.82, 2.24) is 15.1 Å². The molecular weight excluding hydrogens is 476 g/mol. The second kappa shape index (κ2) is 10.7. The van der Waals surface area contributed by atoms with Crippen molar-refractivity contribution in [3.63, 3.8) is 0 Å². The first-order valence-corrected chi connectivity index (χ1v) is 14.5. The number of nitrogens with one attached hydrogen (secondary N) is 1. The van der Waals surface area contributed by atoms with Gasteiger partial charge in [0.15, 0.2) is 5.78 Å². The fourth-order valence-corrected chi connectivity index (χ4v) is 6.60. The fraction of sp³-hybridized carbons (Fsp3) is 0.667. The van der Waals surface area contributed by atoms with Gasteiger partial charge in [-0.05, 0) is 55.7 Å². The second-order valence-electron chi connectivity index (χ2n) is 10.9. The molecule has 8 nitrogen and oxygen atoms in total. The van der Waals surface area contributed by atoms with Gasteiger partial charge in [-0.25, -0.2) is 0 Å². The van der Waals surface area contributed by atoms with Crippen LogP contribution >= 0.6 is 11.8 Å². The van der Waals surface area contributed by atoms with Crippen molar-refractivity contribution in [2.45, 2.75) is 62.6 Å². The lowest BCUT2D eigenvalue weighted by Crippen LogP contribution is -2.52. The topological polar surface area (TPSA) is 82.2 Å². The number of benzene rings is 1. The average Bonchev–Trinajstić information content (AvgIpc) is 3.57. The lowest BCUT2D eigenvalue weighted by molar-refractivity contribution is -0.138. The average molecular weight is 515 g/mol.